The number of amides is 1. The molecule has 0 radical (unpaired) electrons. The van der Waals surface area contributed by atoms with E-state index in [-0.39, 0.29) is 0 Å². The fourth-order valence-corrected chi connectivity index (χ4v) is 1.82. The standard InChI is InChI=1S/C12H8ClF16NO2/c13-12(28,29)11(26,27)10(24,25)9(22,23)8(20,21)7(18,19)6(16,17)5(14,15)4(32)30-2-1-3-31/h31H,1-3H2,(H,30,32). The molecule has 192 valence electrons. The van der Waals surface area contributed by atoms with Gasteiger partial charge in [-0.05, 0) is 18.0 Å². The second-order valence-electron chi connectivity index (χ2n) is 5.85. The van der Waals surface area contributed by atoms with Crippen molar-refractivity contribution in [1.82, 2.24) is 5.32 Å². The van der Waals surface area contributed by atoms with Crippen molar-refractivity contribution in [2.24, 2.45) is 0 Å². The summed E-state index contributed by atoms with van der Waals surface area (Å²) in [5, 5.41) is 2.11. The van der Waals surface area contributed by atoms with E-state index in [2.05, 4.69) is 11.6 Å². The Balaban J connectivity index is 6.56. The highest BCUT2D eigenvalue weighted by Crippen LogP contribution is 2.64. The van der Waals surface area contributed by atoms with Crippen molar-refractivity contribution in [2.45, 2.75) is 53.3 Å². The summed E-state index contributed by atoms with van der Waals surface area (Å²) in [4.78, 5) is 10.9. The lowest BCUT2D eigenvalue weighted by atomic mass is 9.89. The second-order valence-corrected chi connectivity index (χ2v) is 6.33. The largest absolute Gasteiger partial charge is 0.396 e. The van der Waals surface area contributed by atoms with Gasteiger partial charge in [0.15, 0.2) is 0 Å². The van der Waals surface area contributed by atoms with Gasteiger partial charge in [-0.15, -0.1) is 0 Å². The summed E-state index contributed by atoms with van der Waals surface area (Å²) in [6.07, 6.45) is -0.716. The third-order valence-electron chi connectivity index (χ3n) is 3.63. The first-order valence-electron chi connectivity index (χ1n) is 7.34. The van der Waals surface area contributed by atoms with Gasteiger partial charge in [-0.25, -0.2) is 0 Å². The molecule has 32 heavy (non-hydrogen) atoms. The van der Waals surface area contributed by atoms with Gasteiger partial charge >= 0.3 is 46.8 Å². The monoisotopic (exact) mass is 537 g/mol. The zero-order valence-corrected chi connectivity index (χ0v) is 15.2. The average Bonchev–Trinajstić information content (AvgIpc) is 2.59. The molecule has 0 aromatic carbocycles. The van der Waals surface area contributed by atoms with E-state index in [1.54, 1.807) is 0 Å². The van der Waals surface area contributed by atoms with Crippen LogP contribution in [0, 0.1) is 0 Å². The van der Waals surface area contributed by atoms with Crippen LogP contribution in [-0.2, 0) is 4.79 Å². The molecule has 0 bridgehead atoms. The van der Waals surface area contributed by atoms with Crippen LogP contribution in [0.2, 0.25) is 0 Å². The van der Waals surface area contributed by atoms with E-state index in [9.17, 15) is 75.0 Å². The number of hydrogen-bond donors (Lipinski definition) is 2. The van der Waals surface area contributed by atoms with Gasteiger partial charge in [0.1, 0.15) is 0 Å². The summed E-state index contributed by atoms with van der Waals surface area (Å²) in [5.41, 5.74) is 0. The molecule has 0 aliphatic heterocycles. The molecule has 0 saturated heterocycles. The maximum absolute atomic E-state index is 13.5. The maximum Gasteiger partial charge on any atom is 0.393 e. The number of rotatable bonds is 11. The highest BCUT2D eigenvalue weighted by atomic mass is 35.5. The van der Waals surface area contributed by atoms with E-state index in [0.717, 1.165) is 0 Å². The minimum absolute atomic E-state index is 0.687. The van der Waals surface area contributed by atoms with Gasteiger partial charge in [0.05, 0.1) is 0 Å². The molecule has 0 rings (SSSR count). The van der Waals surface area contributed by atoms with Crippen molar-refractivity contribution in [1.29, 1.82) is 0 Å². The molecule has 0 aromatic rings. The molecular weight excluding hydrogens is 530 g/mol. The van der Waals surface area contributed by atoms with Gasteiger partial charge in [0.25, 0.3) is 5.91 Å². The molecule has 0 aromatic heterocycles. The Hall–Kier alpha value is -1.40. The summed E-state index contributed by atoms with van der Waals surface area (Å²) in [5.74, 6) is -60.4. The van der Waals surface area contributed by atoms with Crippen molar-refractivity contribution < 1.29 is 80.1 Å². The fraction of sp³-hybridized carbons (Fsp3) is 0.917. The van der Waals surface area contributed by atoms with Gasteiger partial charge in [0, 0.05) is 13.2 Å². The quantitative estimate of drug-likeness (QED) is 0.227. The fourth-order valence-electron chi connectivity index (χ4n) is 1.70. The number of aliphatic hydroxyl groups is 1. The van der Waals surface area contributed by atoms with Crippen LogP contribution >= 0.6 is 11.6 Å². The van der Waals surface area contributed by atoms with E-state index >= 15 is 0 Å². The topological polar surface area (TPSA) is 49.3 Å². The smallest absolute Gasteiger partial charge is 0.393 e. The van der Waals surface area contributed by atoms with E-state index in [4.69, 9.17) is 5.11 Å². The molecule has 0 heterocycles. The molecule has 0 unspecified atom stereocenters. The zero-order chi connectivity index (χ0) is 26.4. The van der Waals surface area contributed by atoms with Crippen molar-refractivity contribution in [3.8, 4) is 0 Å². The third-order valence-corrected chi connectivity index (χ3v) is 3.87. The molecule has 0 saturated carbocycles. The Bertz CT molecular complexity index is 689. The normalized spacial score (nSPS) is 15.7. The molecule has 0 spiro atoms. The highest BCUT2D eigenvalue weighted by molar-refractivity contribution is 6.22. The van der Waals surface area contributed by atoms with Gasteiger partial charge in [-0.2, -0.15) is 70.2 Å². The van der Waals surface area contributed by atoms with E-state index in [1.807, 2.05) is 0 Å². The van der Waals surface area contributed by atoms with Crippen LogP contribution in [0.15, 0.2) is 0 Å². The average molecular weight is 538 g/mol. The van der Waals surface area contributed by atoms with E-state index in [0.29, 0.717) is 5.32 Å². The number of carbonyl (C=O) groups is 1. The van der Waals surface area contributed by atoms with Crippen LogP contribution in [0.1, 0.15) is 6.42 Å². The minimum atomic E-state index is -8.62. The van der Waals surface area contributed by atoms with Crippen LogP contribution in [0.4, 0.5) is 70.2 Å². The lowest BCUT2D eigenvalue weighted by Crippen LogP contribution is -2.75. The van der Waals surface area contributed by atoms with Crippen LogP contribution in [0.3, 0.4) is 0 Å². The van der Waals surface area contributed by atoms with E-state index in [1.165, 1.54) is 0 Å². The summed E-state index contributed by atoms with van der Waals surface area (Å²) in [6, 6.07) is 0. The SMILES string of the molecule is O=C(NCCCO)C(F)(F)C(F)(F)C(F)(F)C(F)(F)C(F)(F)C(F)(F)C(F)(F)C(F)(F)Cl. The lowest BCUT2D eigenvalue weighted by molar-refractivity contribution is -0.446. The molecule has 0 aliphatic carbocycles. The summed E-state index contributed by atoms with van der Waals surface area (Å²) in [6.45, 7) is -2.13. The van der Waals surface area contributed by atoms with Crippen LogP contribution in [-0.4, -0.2) is 71.0 Å². The number of alkyl halides is 17. The first-order valence-corrected chi connectivity index (χ1v) is 7.71. The Morgan fingerprint density at radius 1 is 0.625 bits per heavy atom. The maximum atomic E-state index is 13.5. The molecule has 0 fully saturated rings. The molecule has 0 atom stereocenters. The minimum Gasteiger partial charge on any atom is -0.396 e. The zero-order valence-electron chi connectivity index (χ0n) is 14.4. The van der Waals surface area contributed by atoms with Crippen LogP contribution in [0.5, 0.6) is 0 Å². The van der Waals surface area contributed by atoms with Crippen molar-refractivity contribution in [2.75, 3.05) is 13.2 Å². The predicted molar refractivity (Wildman–Crippen MR) is 70.1 cm³/mol. The molecule has 20 heteroatoms. The molecule has 0 aliphatic rings. The molecule has 2 N–H and O–H groups in total. The van der Waals surface area contributed by atoms with Gasteiger partial charge in [-0.3, -0.25) is 4.79 Å². The first-order chi connectivity index (χ1) is 13.7. The van der Waals surface area contributed by atoms with Crippen LogP contribution in [0.25, 0.3) is 0 Å². The number of halogens is 17. The Morgan fingerprint density at radius 3 is 1.25 bits per heavy atom. The van der Waals surface area contributed by atoms with Crippen molar-refractivity contribution in [3.05, 3.63) is 0 Å². The highest BCUT2D eigenvalue weighted by Gasteiger charge is 2.95. The third kappa shape index (κ3) is 4.13. The summed E-state index contributed by atoms with van der Waals surface area (Å²) >= 11 is 3.38. The lowest BCUT2D eigenvalue weighted by Gasteiger charge is -2.42. The Labute approximate surface area is 170 Å². The second kappa shape index (κ2) is 8.43. The van der Waals surface area contributed by atoms with Crippen molar-refractivity contribution >= 4 is 17.5 Å². The number of hydrogen-bond acceptors (Lipinski definition) is 2. The first kappa shape index (κ1) is 30.6. The predicted octanol–water partition coefficient (Wildman–Crippen LogP) is 4.76. The number of nitrogens with one attached hydrogen (secondary N) is 1. The number of aliphatic hydroxyl groups excluding tert-OH is 1. The van der Waals surface area contributed by atoms with Crippen molar-refractivity contribution in [3.63, 3.8) is 0 Å². The molecule has 3 nitrogen and oxygen atoms in total. The Kier molecular flexibility index (Phi) is 8.06. The Morgan fingerprint density at radius 2 is 0.938 bits per heavy atom. The summed E-state index contributed by atoms with van der Waals surface area (Å²) < 4.78 is 211. The number of carbonyl (C=O) groups excluding carboxylic acids is 1. The van der Waals surface area contributed by atoms with E-state index < -0.39 is 72.3 Å². The van der Waals surface area contributed by atoms with Gasteiger partial charge < -0.3 is 10.4 Å². The van der Waals surface area contributed by atoms with Gasteiger partial charge in [-0.1, -0.05) is 0 Å². The molecule has 1 amide bonds. The molecular formula is C12H8ClF16NO2. The van der Waals surface area contributed by atoms with Crippen LogP contribution < -0.4 is 5.32 Å². The van der Waals surface area contributed by atoms with Gasteiger partial charge in [0.2, 0.25) is 0 Å². The summed E-state index contributed by atoms with van der Waals surface area (Å²) in [7, 11) is 0.